The van der Waals surface area contributed by atoms with Crippen molar-refractivity contribution in [3.05, 3.63) is 30.4 Å². The molecule has 23 heavy (non-hydrogen) atoms. The average Bonchev–Trinajstić information content (AvgIpc) is 3.08. The fraction of sp³-hybridized carbons (Fsp3) is 0.267. The van der Waals surface area contributed by atoms with Gasteiger partial charge in [0.2, 0.25) is 5.75 Å². The minimum atomic E-state index is 0.523. The van der Waals surface area contributed by atoms with Gasteiger partial charge in [-0.1, -0.05) is 0 Å². The van der Waals surface area contributed by atoms with E-state index in [-0.39, 0.29) is 0 Å². The van der Waals surface area contributed by atoms with Crippen molar-refractivity contribution in [2.45, 2.75) is 6.54 Å². The molecule has 120 valence electrons. The number of imidazole rings is 1. The third kappa shape index (κ3) is 2.83. The second-order valence-electron chi connectivity index (χ2n) is 4.71. The fourth-order valence-corrected chi connectivity index (χ4v) is 2.32. The smallest absolute Gasteiger partial charge is 0.203 e. The summed E-state index contributed by atoms with van der Waals surface area (Å²) in [7, 11) is 4.76. The molecule has 8 heteroatoms. The molecule has 2 aromatic heterocycles. The number of aromatic amines is 1. The number of ether oxygens (including phenoxy) is 3. The van der Waals surface area contributed by atoms with Crippen molar-refractivity contribution < 1.29 is 14.2 Å². The molecule has 0 saturated carbocycles. The van der Waals surface area contributed by atoms with Gasteiger partial charge in [0.25, 0.3) is 0 Å². The molecule has 2 heterocycles. The molecule has 3 aromatic rings. The predicted molar refractivity (Wildman–Crippen MR) is 85.1 cm³/mol. The zero-order valence-corrected chi connectivity index (χ0v) is 13.1. The summed E-state index contributed by atoms with van der Waals surface area (Å²) in [6.45, 7) is 0.523. The number of H-pyrrole nitrogens is 1. The summed E-state index contributed by atoms with van der Waals surface area (Å²) >= 11 is 0. The maximum atomic E-state index is 5.35. The molecule has 0 bridgehead atoms. The molecule has 0 atom stereocenters. The lowest BCUT2D eigenvalue weighted by atomic mass is 10.1. The lowest BCUT2D eigenvalue weighted by Crippen LogP contribution is -2.04. The molecule has 0 radical (unpaired) electrons. The third-order valence-corrected chi connectivity index (χ3v) is 3.40. The van der Waals surface area contributed by atoms with Gasteiger partial charge in [-0.05, 0) is 17.7 Å². The second kappa shape index (κ2) is 6.39. The number of methoxy groups -OCH3 is 3. The van der Waals surface area contributed by atoms with Gasteiger partial charge in [-0.15, -0.1) is 0 Å². The van der Waals surface area contributed by atoms with E-state index in [2.05, 4.69) is 25.3 Å². The standard InChI is InChI=1S/C15H17N5O3/c1-21-10-4-9(5-11(22-2)13(10)23-3)6-16-14-12-15(18-7-17-12)20-8-19-14/h4-5,7-8H,6H2,1-3H3,(H2,16,17,18,19,20). The highest BCUT2D eigenvalue weighted by atomic mass is 16.5. The summed E-state index contributed by atoms with van der Waals surface area (Å²) in [6.07, 6.45) is 3.07. The SMILES string of the molecule is COc1cc(CNc2ncnc3[nH]cnc23)cc(OC)c1OC. The summed E-state index contributed by atoms with van der Waals surface area (Å²) in [5.74, 6) is 2.44. The van der Waals surface area contributed by atoms with Gasteiger partial charge >= 0.3 is 0 Å². The van der Waals surface area contributed by atoms with Crippen LogP contribution in [0.3, 0.4) is 0 Å². The van der Waals surface area contributed by atoms with Crippen LogP contribution in [-0.4, -0.2) is 41.3 Å². The van der Waals surface area contributed by atoms with Crippen molar-refractivity contribution in [2.75, 3.05) is 26.6 Å². The zero-order valence-electron chi connectivity index (χ0n) is 13.1. The number of rotatable bonds is 6. The molecule has 0 fully saturated rings. The van der Waals surface area contributed by atoms with Crippen molar-refractivity contribution in [3.8, 4) is 17.2 Å². The maximum absolute atomic E-state index is 5.35. The molecule has 0 unspecified atom stereocenters. The summed E-state index contributed by atoms with van der Waals surface area (Å²) in [6, 6.07) is 3.77. The summed E-state index contributed by atoms with van der Waals surface area (Å²) in [5.41, 5.74) is 2.34. The second-order valence-corrected chi connectivity index (χ2v) is 4.71. The molecule has 0 spiro atoms. The first-order valence-corrected chi connectivity index (χ1v) is 6.93. The largest absolute Gasteiger partial charge is 0.493 e. The van der Waals surface area contributed by atoms with E-state index in [0.29, 0.717) is 40.8 Å². The highest BCUT2D eigenvalue weighted by molar-refractivity contribution is 5.81. The van der Waals surface area contributed by atoms with Gasteiger partial charge in [0.05, 0.1) is 27.7 Å². The lowest BCUT2D eigenvalue weighted by molar-refractivity contribution is 0.324. The Morgan fingerprint density at radius 2 is 1.74 bits per heavy atom. The van der Waals surface area contributed by atoms with E-state index in [9.17, 15) is 0 Å². The third-order valence-electron chi connectivity index (χ3n) is 3.40. The monoisotopic (exact) mass is 315 g/mol. The van der Waals surface area contributed by atoms with Crippen LogP contribution in [0.4, 0.5) is 5.82 Å². The van der Waals surface area contributed by atoms with Crippen LogP contribution >= 0.6 is 0 Å². The number of nitrogens with one attached hydrogen (secondary N) is 2. The molecule has 0 aliphatic rings. The van der Waals surface area contributed by atoms with E-state index in [4.69, 9.17) is 14.2 Å². The van der Waals surface area contributed by atoms with Crippen molar-refractivity contribution in [2.24, 2.45) is 0 Å². The molecule has 0 amide bonds. The zero-order chi connectivity index (χ0) is 16.2. The van der Waals surface area contributed by atoms with Crippen LogP contribution in [-0.2, 0) is 6.54 Å². The molecule has 0 saturated heterocycles. The first kappa shape index (κ1) is 14.9. The number of anilines is 1. The Balaban J connectivity index is 1.87. The van der Waals surface area contributed by atoms with Gasteiger partial charge < -0.3 is 24.5 Å². The Bertz CT molecular complexity index is 793. The topological polar surface area (TPSA) is 94.2 Å². The van der Waals surface area contributed by atoms with Gasteiger partial charge in [-0.3, -0.25) is 0 Å². The van der Waals surface area contributed by atoms with Gasteiger partial charge in [0.1, 0.15) is 11.8 Å². The van der Waals surface area contributed by atoms with E-state index in [0.717, 1.165) is 5.56 Å². The van der Waals surface area contributed by atoms with Crippen LogP contribution in [0.15, 0.2) is 24.8 Å². The van der Waals surface area contributed by atoms with E-state index >= 15 is 0 Å². The lowest BCUT2D eigenvalue weighted by Gasteiger charge is -2.14. The van der Waals surface area contributed by atoms with E-state index < -0.39 is 0 Å². The molecule has 8 nitrogen and oxygen atoms in total. The molecular formula is C15H17N5O3. The number of hydrogen-bond acceptors (Lipinski definition) is 7. The van der Waals surface area contributed by atoms with Crippen LogP contribution in [0.5, 0.6) is 17.2 Å². The maximum Gasteiger partial charge on any atom is 0.203 e. The van der Waals surface area contributed by atoms with Crippen molar-refractivity contribution >= 4 is 17.0 Å². The Labute approximate surface area is 132 Å². The van der Waals surface area contributed by atoms with Gasteiger partial charge in [-0.2, -0.15) is 0 Å². The Morgan fingerprint density at radius 3 is 2.39 bits per heavy atom. The summed E-state index contributed by atoms with van der Waals surface area (Å²) < 4.78 is 16.0. The van der Waals surface area contributed by atoms with Crippen LogP contribution in [0.1, 0.15) is 5.56 Å². The minimum Gasteiger partial charge on any atom is -0.493 e. The van der Waals surface area contributed by atoms with Crippen molar-refractivity contribution in [1.82, 2.24) is 19.9 Å². The number of nitrogens with zero attached hydrogens (tertiary/aromatic N) is 3. The Kier molecular flexibility index (Phi) is 4.13. The van der Waals surface area contributed by atoms with Crippen molar-refractivity contribution in [1.29, 1.82) is 0 Å². The highest BCUT2D eigenvalue weighted by Gasteiger charge is 2.13. The minimum absolute atomic E-state index is 0.523. The molecule has 2 N–H and O–H groups in total. The first-order valence-electron chi connectivity index (χ1n) is 6.93. The average molecular weight is 315 g/mol. The van der Waals surface area contributed by atoms with Gasteiger partial charge in [-0.25, -0.2) is 15.0 Å². The molecule has 3 rings (SSSR count). The van der Waals surface area contributed by atoms with E-state index in [1.807, 2.05) is 12.1 Å². The number of hydrogen-bond donors (Lipinski definition) is 2. The molecule has 0 aliphatic carbocycles. The fourth-order valence-electron chi connectivity index (χ4n) is 2.32. The Morgan fingerprint density at radius 1 is 1.00 bits per heavy atom. The highest BCUT2D eigenvalue weighted by Crippen LogP contribution is 2.38. The normalized spacial score (nSPS) is 10.6. The van der Waals surface area contributed by atoms with Gasteiger partial charge in [0, 0.05) is 6.54 Å². The molecule has 1 aromatic carbocycles. The summed E-state index contributed by atoms with van der Waals surface area (Å²) in [4.78, 5) is 15.5. The van der Waals surface area contributed by atoms with Crippen LogP contribution < -0.4 is 19.5 Å². The molecular weight excluding hydrogens is 298 g/mol. The van der Waals surface area contributed by atoms with Crippen LogP contribution in [0.25, 0.3) is 11.2 Å². The Hall–Kier alpha value is -3.03. The quantitative estimate of drug-likeness (QED) is 0.718. The van der Waals surface area contributed by atoms with Gasteiger partial charge in [0.15, 0.2) is 23.0 Å². The molecule has 0 aliphatic heterocycles. The summed E-state index contributed by atoms with van der Waals surface area (Å²) in [5, 5.41) is 3.24. The van der Waals surface area contributed by atoms with Crippen LogP contribution in [0, 0.1) is 0 Å². The predicted octanol–water partition coefficient (Wildman–Crippen LogP) is 1.99. The first-order chi connectivity index (χ1) is 11.3. The number of fused-ring (bicyclic) bond motifs is 1. The van der Waals surface area contributed by atoms with Crippen LogP contribution in [0.2, 0.25) is 0 Å². The van der Waals surface area contributed by atoms with Crippen molar-refractivity contribution in [3.63, 3.8) is 0 Å². The van der Waals surface area contributed by atoms with E-state index in [1.165, 1.54) is 6.33 Å². The number of benzene rings is 1. The number of aromatic nitrogens is 4. The van der Waals surface area contributed by atoms with E-state index in [1.54, 1.807) is 27.7 Å².